The first-order valence-electron chi connectivity index (χ1n) is 6.20. The highest BCUT2D eigenvalue weighted by Crippen LogP contribution is 2.26. The van der Waals surface area contributed by atoms with Gasteiger partial charge in [-0.05, 0) is 36.5 Å². The highest BCUT2D eigenvalue weighted by molar-refractivity contribution is 5.40. The maximum absolute atomic E-state index is 5.94. The summed E-state index contributed by atoms with van der Waals surface area (Å²) in [6, 6.07) is 7.96. The van der Waals surface area contributed by atoms with Gasteiger partial charge in [0.2, 0.25) is 0 Å². The standard InChI is InChI=1S/C14H21NO/c1-11-4-2-7-14(8-11)16-10-12-5-3-6-13(15)9-12/h3,5-6,9,11,14H,2,4,7-8,10,15H2,1H3/t11-,14+/m1/s1. The van der Waals surface area contributed by atoms with Gasteiger partial charge < -0.3 is 10.5 Å². The van der Waals surface area contributed by atoms with Crippen molar-refractivity contribution in [1.82, 2.24) is 0 Å². The summed E-state index contributed by atoms with van der Waals surface area (Å²) >= 11 is 0. The molecule has 2 atom stereocenters. The number of nitrogen functional groups attached to an aromatic ring is 1. The molecule has 2 rings (SSSR count). The maximum Gasteiger partial charge on any atom is 0.0721 e. The molecule has 1 fully saturated rings. The van der Waals surface area contributed by atoms with E-state index in [1.165, 1.54) is 31.2 Å². The average molecular weight is 219 g/mol. The average Bonchev–Trinajstić information content (AvgIpc) is 2.27. The smallest absolute Gasteiger partial charge is 0.0721 e. The van der Waals surface area contributed by atoms with Crippen molar-refractivity contribution in [3.63, 3.8) is 0 Å². The molecule has 0 aromatic heterocycles. The Morgan fingerprint density at radius 2 is 2.25 bits per heavy atom. The minimum atomic E-state index is 0.449. The number of nitrogens with two attached hydrogens (primary N) is 1. The monoisotopic (exact) mass is 219 g/mol. The highest BCUT2D eigenvalue weighted by atomic mass is 16.5. The van der Waals surface area contributed by atoms with Gasteiger partial charge in [0.1, 0.15) is 0 Å². The van der Waals surface area contributed by atoms with Crippen molar-refractivity contribution >= 4 is 5.69 Å². The second-order valence-corrected chi connectivity index (χ2v) is 4.95. The minimum Gasteiger partial charge on any atom is -0.399 e. The van der Waals surface area contributed by atoms with Crippen molar-refractivity contribution in [1.29, 1.82) is 0 Å². The summed E-state index contributed by atoms with van der Waals surface area (Å²) in [7, 11) is 0. The van der Waals surface area contributed by atoms with Gasteiger partial charge in [0.05, 0.1) is 12.7 Å². The Morgan fingerprint density at radius 1 is 1.38 bits per heavy atom. The van der Waals surface area contributed by atoms with Crippen LogP contribution in [0, 0.1) is 5.92 Å². The lowest BCUT2D eigenvalue weighted by molar-refractivity contribution is 0.00469. The molecule has 1 saturated carbocycles. The molecule has 0 spiro atoms. The van der Waals surface area contributed by atoms with E-state index < -0.39 is 0 Å². The minimum absolute atomic E-state index is 0.449. The van der Waals surface area contributed by atoms with Crippen LogP contribution in [-0.4, -0.2) is 6.10 Å². The van der Waals surface area contributed by atoms with E-state index in [0.717, 1.165) is 11.6 Å². The fraction of sp³-hybridized carbons (Fsp3) is 0.571. The van der Waals surface area contributed by atoms with Crippen LogP contribution in [0.2, 0.25) is 0 Å². The Hall–Kier alpha value is -1.02. The second kappa shape index (κ2) is 5.35. The molecule has 2 nitrogen and oxygen atoms in total. The predicted octanol–water partition coefficient (Wildman–Crippen LogP) is 3.36. The van der Waals surface area contributed by atoms with E-state index >= 15 is 0 Å². The van der Waals surface area contributed by atoms with E-state index in [4.69, 9.17) is 10.5 Å². The quantitative estimate of drug-likeness (QED) is 0.791. The van der Waals surface area contributed by atoms with Gasteiger partial charge in [-0.3, -0.25) is 0 Å². The molecule has 16 heavy (non-hydrogen) atoms. The lowest BCUT2D eigenvalue weighted by atomic mass is 9.89. The third-order valence-corrected chi connectivity index (χ3v) is 3.33. The highest BCUT2D eigenvalue weighted by Gasteiger charge is 2.19. The molecule has 1 aromatic carbocycles. The van der Waals surface area contributed by atoms with Gasteiger partial charge in [0, 0.05) is 5.69 Å². The summed E-state index contributed by atoms with van der Waals surface area (Å²) in [5.41, 5.74) is 7.73. The Labute approximate surface area is 97.8 Å². The second-order valence-electron chi connectivity index (χ2n) is 4.95. The van der Waals surface area contributed by atoms with Gasteiger partial charge in [0.25, 0.3) is 0 Å². The normalized spacial score (nSPS) is 25.6. The molecule has 2 N–H and O–H groups in total. The third-order valence-electron chi connectivity index (χ3n) is 3.33. The molecular formula is C14H21NO. The molecule has 0 radical (unpaired) electrons. The van der Waals surface area contributed by atoms with Crippen molar-refractivity contribution in [3.05, 3.63) is 29.8 Å². The molecule has 2 heteroatoms. The number of hydrogen-bond acceptors (Lipinski definition) is 2. The first-order chi connectivity index (χ1) is 7.74. The number of hydrogen-bond donors (Lipinski definition) is 1. The number of benzene rings is 1. The maximum atomic E-state index is 5.94. The van der Waals surface area contributed by atoms with Crippen LogP contribution in [-0.2, 0) is 11.3 Å². The summed E-state index contributed by atoms with van der Waals surface area (Å²) in [4.78, 5) is 0. The van der Waals surface area contributed by atoms with Crippen molar-refractivity contribution in [2.45, 2.75) is 45.3 Å². The van der Waals surface area contributed by atoms with Crippen LogP contribution in [0.25, 0.3) is 0 Å². The van der Waals surface area contributed by atoms with E-state index in [2.05, 4.69) is 13.0 Å². The topological polar surface area (TPSA) is 35.2 Å². The molecule has 0 unspecified atom stereocenters. The fourth-order valence-electron chi connectivity index (χ4n) is 2.43. The summed E-state index contributed by atoms with van der Waals surface area (Å²) < 4.78 is 5.94. The zero-order chi connectivity index (χ0) is 11.4. The van der Waals surface area contributed by atoms with Crippen LogP contribution in [0.15, 0.2) is 24.3 Å². The van der Waals surface area contributed by atoms with E-state index in [-0.39, 0.29) is 0 Å². The van der Waals surface area contributed by atoms with Crippen molar-refractivity contribution < 1.29 is 4.74 Å². The van der Waals surface area contributed by atoms with Gasteiger partial charge in [-0.2, -0.15) is 0 Å². The molecule has 1 aliphatic rings. The molecule has 0 bridgehead atoms. The molecule has 88 valence electrons. The number of ether oxygens (including phenoxy) is 1. The predicted molar refractivity (Wildman–Crippen MR) is 67.1 cm³/mol. The van der Waals surface area contributed by atoms with E-state index in [1.807, 2.05) is 18.2 Å². The van der Waals surface area contributed by atoms with Crippen LogP contribution in [0.4, 0.5) is 5.69 Å². The molecular weight excluding hydrogens is 198 g/mol. The van der Waals surface area contributed by atoms with Crippen LogP contribution in [0.3, 0.4) is 0 Å². The largest absolute Gasteiger partial charge is 0.399 e. The lowest BCUT2D eigenvalue weighted by Gasteiger charge is -2.26. The Kier molecular flexibility index (Phi) is 3.83. The molecule has 0 heterocycles. The Balaban J connectivity index is 1.82. The zero-order valence-corrected chi connectivity index (χ0v) is 9.99. The van der Waals surface area contributed by atoms with Gasteiger partial charge in [-0.25, -0.2) is 0 Å². The summed E-state index contributed by atoms with van der Waals surface area (Å²) in [6.07, 6.45) is 5.54. The van der Waals surface area contributed by atoms with Crippen molar-refractivity contribution in [3.8, 4) is 0 Å². The van der Waals surface area contributed by atoms with Gasteiger partial charge in [-0.1, -0.05) is 31.9 Å². The third kappa shape index (κ3) is 3.24. The molecule has 0 saturated heterocycles. The van der Waals surface area contributed by atoms with Crippen LogP contribution >= 0.6 is 0 Å². The Morgan fingerprint density at radius 3 is 3.00 bits per heavy atom. The van der Waals surface area contributed by atoms with Crippen molar-refractivity contribution in [2.24, 2.45) is 5.92 Å². The first-order valence-corrected chi connectivity index (χ1v) is 6.20. The Bertz CT molecular complexity index is 337. The molecule has 0 aliphatic heterocycles. The van der Waals surface area contributed by atoms with E-state index in [9.17, 15) is 0 Å². The van der Waals surface area contributed by atoms with Gasteiger partial charge in [-0.15, -0.1) is 0 Å². The molecule has 1 aliphatic carbocycles. The van der Waals surface area contributed by atoms with Crippen LogP contribution < -0.4 is 5.73 Å². The summed E-state index contributed by atoms with van der Waals surface area (Å²) in [5.74, 6) is 0.819. The first kappa shape index (κ1) is 11.5. The van der Waals surface area contributed by atoms with Gasteiger partial charge in [0.15, 0.2) is 0 Å². The summed E-state index contributed by atoms with van der Waals surface area (Å²) in [6.45, 7) is 3.01. The zero-order valence-electron chi connectivity index (χ0n) is 9.99. The van der Waals surface area contributed by atoms with Crippen LogP contribution in [0.1, 0.15) is 38.2 Å². The van der Waals surface area contributed by atoms with Gasteiger partial charge >= 0.3 is 0 Å². The van der Waals surface area contributed by atoms with Crippen molar-refractivity contribution in [2.75, 3.05) is 5.73 Å². The van der Waals surface area contributed by atoms with E-state index in [0.29, 0.717) is 12.7 Å². The van der Waals surface area contributed by atoms with E-state index in [1.54, 1.807) is 0 Å². The molecule has 0 amide bonds. The summed E-state index contributed by atoms with van der Waals surface area (Å²) in [5, 5.41) is 0. The SMILES string of the molecule is C[C@@H]1CCC[C@H](OCc2cccc(N)c2)C1. The van der Waals surface area contributed by atoms with Crippen LogP contribution in [0.5, 0.6) is 0 Å². The lowest BCUT2D eigenvalue weighted by Crippen LogP contribution is -2.21. The fourth-order valence-corrected chi connectivity index (χ4v) is 2.43. The molecule has 1 aromatic rings. The number of rotatable bonds is 3. The number of anilines is 1.